The lowest BCUT2D eigenvalue weighted by molar-refractivity contribution is 0.0511. The number of rotatable bonds is 1. The summed E-state index contributed by atoms with van der Waals surface area (Å²) in [7, 11) is 0. The molecule has 2 heterocycles. The van der Waals surface area contributed by atoms with E-state index >= 15 is 0 Å². The van der Waals surface area contributed by atoms with Crippen LogP contribution in [0.15, 0.2) is 0 Å². The molecule has 5 heteroatoms. The molecular formula is C15H27N3O2. The number of piperidine rings is 1. The summed E-state index contributed by atoms with van der Waals surface area (Å²) < 4.78 is 5.30. The molecule has 2 amide bonds. The van der Waals surface area contributed by atoms with Crippen molar-refractivity contribution in [1.82, 2.24) is 15.5 Å². The minimum absolute atomic E-state index is 0.103. The van der Waals surface area contributed by atoms with Gasteiger partial charge in [-0.3, -0.25) is 0 Å². The molecule has 114 valence electrons. The molecule has 1 saturated carbocycles. The van der Waals surface area contributed by atoms with Gasteiger partial charge >= 0.3 is 6.03 Å². The van der Waals surface area contributed by atoms with Gasteiger partial charge in [-0.05, 0) is 32.2 Å². The minimum Gasteiger partial charge on any atom is -0.378 e. The van der Waals surface area contributed by atoms with Gasteiger partial charge in [-0.25, -0.2) is 4.79 Å². The van der Waals surface area contributed by atoms with Crippen LogP contribution in [0, 0.1) is 0 Å². The Kier molecular flexibility index (Phi) is 4.46. The maximum atomic E-state index is 12.3. The van der Waals surface area contributed by atoms with E-state index in [0.717, 1.165) is 32.5 Å². The van der Waals surface area contributed by atoms with Gasteiger partial charge in [0.2, 0.25) is 0 Å². The highest BCUT2D eigenvalue weighted by molar-refractivity contribution is 5.74. The lowest BCUT2D eigenvalue weighted by Crippen LogP contribution is -2.58. The van der Waals surface area contributed by atoms with Crippen LogP contribution in [0.1, 0.15) is 44.9 Å². The van der Waals surface area contributed by atoms with Crippen molar-refractivity contribution in [3.8, 4) is 0 Å². The zero-order chi connectivity index (χ0) is 13.8. The third-order valence-corrected chi connectivity index (χ3v) is 5.07. The number of nitrogens with zero attached hydrogens (tertiary/aromatic N) is 1. The summed E-state index contributed by atoms with van der Waals surface area (Å²) in [6, 6.07) is 0.441. The molecule has 0 aromatic rings. The molecule has 0 aromatic heterocycles. The van der Waals surface area contributed by atoms with Gasteiger partial charge in [0, 0.05) is 24.7 Å². The first kappa shape index (κ1) is 14.1. The maximum absolute atomic E-state index is 12.3. The van der Waals surface area contributed by atoms with E-state index in [4.69, 9.17) is 4.74 Å². The molecule has 3 aliphatic rings. The Balaban J connectivity index is 1.52. The summed E-state index contributed by atoms with van der Waals surface area (Å²) in [4.78, 5) is 14.2. The molecule has 0 radical (unpaired) electrons. The van der Waals surface area contributed by atoms with Gasteiger partial charge < -0.3 is 20.3 Å². The molecule has 3 rings (SSSR count). The number of ether oxygens (including phenoxy) is 1. The lowest BCUT2D eigenvalue weighted by atomic mass is 9.75. The summed E-state index contributed by atoms with van der Waals surface area (Å²) >= 11 is 0. The molecule has 0 aromatic carbocycles. The second-order valence-electron chi connectivity index (χ2n) is 6.51. The molecule has 1 atom stereocenters. The van der Waals surface area contributed by atoms with Crippen molar-refractivity contribution in [3.63, 3.8) is 0 Å². The van der Waals surface area contributed by atoms with Crippen molar-refractivity contribution in [1.29, 1.82) is 0 Å². The van der Waals surface area contributed by atoms with Gasteiger partial charge in [0.15, 0.2) is 0 Å². The number of carbonyl (C=O) groups is 1. The first-order valence-electron chi connectivity index (χ1n) is 8.16. The lowest BCUT2D eigenvalue weighted by Gasteiger charge is -2.45. The average Bonchev–Trinajstić information content (AvgIpc) is 2.49. The number of hydrogen-bond donors (Lipinski definition) is 2. The summed E-state index contributed by atoms with van der Waals surface area (Å²) in [5.74, 6) is 0. The summed E-state index contributed by atoms with van der Waals surface area (Å²) in [6.07, 6.45) is 8.73. The van der Waals surface area contributed by atoms with Crippen LogP contribution in [-0.4, -0.2) is 55.4 Å². The van der Waals surface area contributed by atoms with Crippen LogP contribution in [0.5, 0.6) is 0 Å². The smallest absolute Gasteiger partial charge is 0.317 e. The SMILES string of the molecule is O=C(NC1CCNC2(CCCCC2)C1)N1CCOCC1. The molecule has 5 nitrogen and oxygen atoms in total. The molecule has 2 aliphatic heterocycles. The number of nitrogens with one attached hydrogen (secondary N) is 2. The largest absolute Gasteiger partial charge is 0.378 e. The Morgan fingerprint density at radius 2 is 1.95 bits per heavy atom. The van der Waals surface area contributed by atoms with E-state index in [0.29, 0.717) is 24.8 Å². The first-order valence-corrected chi connectivity index (χ1v) is 8.16. The third-order valence-electron chi connectivity index (χ3n) is 5.07. The predicted octanol–water partition coefficient (Wildman–Crippen LogP) is 1.48. The average molecular weight is 281 g/mol. The highest BCUT2D eigenvalue weighted by Gasteiger charge is 2.37. The second-order valence-corrected chi connectivity index (χ2v) is 6.51. The molecule has 2 saturated heterocycles. The van der Waals surface area contributed by atoms with E-state index in [2.05, 4.69) is 10.6 Å². The normalized spacial score (nSPS) is 30.2. The van der Waals surface area contributed by atoms with Crippen molar-refractivity contribution in [2.45, 2.75) is 56.5 Å². The number of hydrogen-bond acceptors (Lipinski definition) is 3. The number of urea groups is 1. The Morgan fingerprint density at radius 3 is 2.70 bits per heavy atom. The van der Waals surface area contributed by atoms with E-state index in [1.54, 1.807) is 0 Å². The summed E-state index contributed by atoms with van der Waals surface area (Å²) in [5.41, 5.74) is 0.305. The van der Waals surface area contributed by atoms with Crippen LogP contribution >= 0.6 is 0 Å². The molecule has 20 heavy (non-hydrogen) atoms. The third kappa shape index (κ3) is 3.26. The van der Waals surface area contributed by atoms with Crippen LogP contribution in [-0.2, 0) is 4.74 Å². The Hall–Kier alpha value is -0.810. The van der Waals surface area contributed by atoms with Crippen molar-refractivity contribution < 1.29 is 9.53 Å². The monoisotopic (exact) mass is 281 g/mol. The van der Waals surface area contributed by atoms with Gasteiger partial charge in [0.1, 0.15) is 0 Å². The Labute approximate surface area is 121 Å². The fraction of sp³-hybridized carbons (Fsp3) is 0.933. The van der Waals surface area contributed by atoms with E-state index in [-0.39, 0.29) is 6.03 Å². The fourth-order valence-electron chi connectivity index (χ4n) is 3.92. The van der Waals surface area contributed by atoms with Crippen molar-refractivity contribution >= 4 is 6.03 Å². The van der Waals surface area contributed by atoms with Gasteiger partial charge in [-0.2, -0.15) is 0 Å². The van der Waals surface area contributed by atoms with Crippen molar-refractivity contribution in [2.24, 2.45) is 0 Å². The molecule has 2 N–H and O–H groups in total. The van der Waals surface area contributed by atoms with Crippen LogP contribution in [0.2, 0.25) is 0 Å². The van der Waals surface area contributed by atoms with E-state index in [9.17, 15) is 4.79 Å². The Morgan fingerprint density at radius 1 is 1.20 bits per heavy atom. The zero-order valence-electron chi connectivity index (χ0n) is 12.3. The Bertz CT molecular complexity index is 331. The van der Waals surface area contributed by atoms with Gasteiger partial charge in [0.25, 0.3) is 0 Å². The van der Waals surface area contributed by atoms with Crippen LogP contribution in [0.25, 0.3) is 0 Å². The van der Waals surface area contributed by atoms with Gasteiger partial charge in [-0.1, -0.05) is 19.3 Å². The predicted molar refractivity (Wildman–Crippen MR) is 77.8 cm³/mol. The molecule has 1 spiro atoms. The topological polar surface area (TPSA) is 53.6 Å². The van der Waals surface area contributed by atoms with Crippen molar-refractivity contribution in [3.05, 3.63) is 0 Å². The molecule has 3 fully saturated rings. The van der Waals surface area contributed by atoms with Crippen LogP contribution in [0.4, 0.5) is 4.79 Å². The highest BCUT2D eigenvalue weighted by Crippen LogP contribution is 2.34. The van der Waals surface area contributed by atoms with Crippen molar-refractivity contribution in [2.75, 3.05) is 32.8 Å². The summed E-state index contributed by atoms with van der Waals surface area (Å²) in [5, 5.41) is 6.98. The zero-order valence-corrected chi connectivity index (χ0v) is 12.3. The van der Waals surface area contributed by atoms with E-state index in [1.807, 2.05) is 4.90 Å². The summed E-state index contributed by atoms with van der Waals surface area (Å²) in [6.45, 7) is 3.82. The first-order chi connectivity index (χ1) is 9.77. The van der Waals surface area contributed by atoms with Crippen LogP contribution in [0.3, 0.4) is 0 Å². The number of carbonyl (C=O) groups excluding carboxylic acids is 1. The number of morpholine rings is 1. The molecule has 1 unspecified atom stereocenters. The fourth-order valence-corrected chi connectivity index (χ4v) is 3.92. The standard InChI is InChI=1S/C15H27N3O2/c19-14(18-8-10-20-11-9-18)17-13-4-7-16-15(12-13)5-2-1-3-6-15/h13,16H,1-12H2,(H,17,19). The van der Waals surface area contributed by atoms with E-state index < -0.39 is 0 Å². The molecule has 1 aliphatic carbocycles. The van der Waals surface area contributed by atoms with Crippen LogP contribution < -0.4 is 10.6 Å². The highest BCUT2D eigenvalue weighted by atomic mass is 16.5. The van der Waals surface area contributed by atoms with Gasteiger partial charge in [0.05, 0.1) is 13.2 Å². The molecule has 0 bridgehead atoms. The van der Waals surface area contributed by atoms with E-state index in [1.165, 1.54) is 32.1 Å². The quantitative estimate of drug-likeness (QED) is 0.765. The van der Waals surface area contributed by atoms with Gasteiger partial charge in [-0.15, -0.1) is 0 Å². The molecular weight excluding hydrogens is 254 g/mol. The minimum atomic E-state index is 0.103. The maximum Gasteiger partial charge on any atom is 0.317 e. The second kappa shape index (κ2) is 6.31. The number of amides is 2.